The molecule has 0 radical (unpaired) electrons. The third kappa shape index (κ3) is 5.01. The average Bonchev–Trinajstić information content (AvgIpc) is 2.68. The summed E-state index contributed by atoms with van der Waals surface area (Å²) in [5.74, 6) is -0.597. The molecule has 0 aliphatic rings. The molecule has 5 nitrogen and oxygen atoms in total. The fourth-order valence-corrected chi connectivity index (χ4v) is 3.45. The smallest absolute Gasteiger partial charge is 0.259 e. The summed E-state index contributed by atoms with van der Waals surface area (Å²) in [6.45, 7) is 0. The van der Waals surface area contributed by atoms with Crippen molar-refractivity contribution in [1.29, 1.82) is 0 Å². The summed E-state index contributed by atoms with van der Waals surface area (Å²) in [7, 11) is 1.41. The van der Waals surface area contributed by atoms with Crippen molar-refractivity contribution in [3.05, 3.63) is 86.9 Å². The molecule has 0 saturated heterocycles. The minimum atomic E-state index is -0.458. The molecule has 29 heavy (non-hydrogen) atoms. The third-order valence-corrected chi connectivity index (χ3v) is 4.78. The van der Waals surface area contributed by atoms with Crippen molar-refractivity contribution >= 4 is 58.0 Å². The molecule has 0 aliphatic carbocycles. The Balaban J connectivity index is 1.79. The number of halogens is 3. The lowest BCUT2D eigenvalue weighted by molar-refractivity contribution is 0.101. The van der Waals surface area contributed by atoms with Gasteiger partial charge in [-0.1, -0.05) is 53.0 Å². The summed E-state index contributed by atoms with van der Waals surface area (Å²) in [6.07, 6.45) is 0. The van der Waals surface area contributed by atoms with Crippen molar-refractivity contribution < 1.29 is 14.3 Å². The van der Waals surface area contributed by atoms with Gasteiger partial charge in [0.05, 0.1) is 28.3 Å². The molecule has 0 bridgehead atoms. The number of hydrogen-bond donors (Lipinski definition) is 2. The van der Waals surface area contributed by atoms with E-state index in [0.29, 0.717) is 27.0 Å². The van der Waals surface area contributed by atoms with Gasteiger partial charge in [-0.05, 0) is 42.5 Å². The zero-order valence-corrected chi connectivity index (χ0v) is 17.4. The van der Waals surface area contributed by atoms with E-state index >= 15 is 0 Å². The second kappa shape index (κ2) is 9.18. The van der Waals surface area contributed by atoms with Crippen LogP contribution >= 0.6 is 34.8 Å². The maximum atomic E-state index is 12.7. The van der Waals surface area contributed by atoms with Gasteiger partial charge in [-0.3, -0.25) is 9.59 Å². The van der Waals surface area contributed by atoms with Gasteiger partial charge in [0.1, 0.15) is 5.75 Å². The minimum Gasteiger partial charge on any atom is -0.494 e. The van der Waals surface area contributed by atoms with Crippen LogP contribution in [0.4, 0.5) is 11.4 Å². The molecule has 0 spiro atoms. The first-order valence-electron chi connectivity index (χ1n) is 8.39. The SMILES string of the molecule is COc1c(Cl)cc(Cl)cc1C(=O)Nc1cccc(NC(=O)c2ccccc2Cl)c1. The number of hydrogen-bond acceptors (Lipinski definition) is 3. The average molecular weight is 450 g/mol. The second-order valence-corrected chi connectivity index (χ2v) is 7.19. The van der Waals surface area contributed by atoms with Crippen LogP contribution in [-0.4, -0.2) is 18.9 Å². The fourth-order valence-electron chi connectivity index (χ4n) is 2.65. The standard InChI is InChI=1S/C21H15Cl3N2O3/c1-29-19-16(9-12(22)10-18(19)24)21(28)26-14-6-4-5-13(11-14)25-20(27)15-7-2-3-8-17(15)23/h2-11H,1H3,(H,25,27)(H,26,28). The Bertz CT molecular complexity index is 1090. The van der Waals surface area contributed by atoms with Gasteiger partial charge in [0.25, 0.3) is 11.8 Å². The predicted molar refractivity (Wildman–Crippen MR) is 117 cm³/mol. The fraction of sp³-hybridized carbons (Fsp3) is 0.0476. The molecule has 148 valence electrons. The molecule has 3 aromatic carbocycles. The number of amides is 2. The van der Waals surface area contributed by atoms with Crippen molar-refractivity contribution in [3.63, 3.8) is 0 Å². The normalized spacial score (nSPS) is 10.3. The molecule has 0 atom stereocenters. The van der Waals surface area contributed by atoms with Crippen LogP contribution in [0.1, 0.15) is 20.7 Å². The van der Waals surface area contributed by atoms with E-state index in [1.54, 1.807) is 48.5 Å². The maximum Gasteiger partial charge on any atom is 0.259 e. The molecule has 2 amide bonds. The molecule has 0 heterocycles. The lowest BCUT2D eigenvalue weighted by atomic mass is 10.1. The molecule has 0 fully saturated rings. The lowest BCUT2D eigenvalue weighted by Crippen LogP contribution is -2.15. The Kier molecular flexibility index (Phi) is 6.64. The highest BCUT2D eigenvalue weighted by atomic mass is 35.5. The lowest BCUT2D eigenvalue weighted by Gasteiger charge is -2.12. The number of carbonyl (C=O) groups is 2. The van der Waals surface area contributed by atoms with Crippen molar-refractivity contribution in [1.82, 2.24) is 0 Å². The van der Waals surface area contributed by atoms with E-state index in [4.69, 9.17) is 39.5 Å². The number of ether oxygens (including phenoxy) is 1. The predicted octanol–water partition coefficient (Wildman–Crippen LogP) is 6.16. The van der Waals surface area contributed by atoms with E-state index in [1.807, 2.05) is 0 Å². The van der Waals surface area contributed by atoms with Crippen LogP contribution in [0.15, 0.2) is 60.7 Å². The Morgan fingerprint density at radius 3 is 2.00 bits per heavy atom. The number of anilines is 2. The van der Waals surface area contributed by atoms with Crippen molar-refractivity contribution in [2.75, 3.05) is 17.7 Å². The Hall–Kier alpha value is -2.73. The third-order valence-electron chi connectivity index (χ3n) is 3.95. The van der Waals surface area contributed by atoms with Gasteiger partial charge in [-0.2, -0.15) is 0 Å². The largest absolute Gasteiger partial charge is 0.494 e. The van der Waals surface area contributed by atoms with Gasteiger partial charge in [-0.25, -0.2) is 0 Å². The highest BCUT2D eigenvalue weighted by Crippen LogP contribution is 2.32. The van der Waals surface area contributed by atoms with Gasteiger partial charge < -0.3 is 15.4 Å². The summed E-state index contributed by atoms with van der Waals surface area (Å²) < 4.78 is 5.21. The summed E-state index contributed by atoms with van der Waals surface area (Å²) in [4.78, 5) is 25.1. The molecular weight excluding hydrogens is 435 g/mol. The molecule has 0 aromatic heterocycles. The Morgan fingerprint density at radius 1 is 0.759 bits per heavy atom. The highest BCUT2D eigenvalue weighted by molar-refractivity contribution is 6.36. The van der Waals surface area contributed by atoms with Gasteiger partial charge in [0.2, 0.25) is 0 Å². The molecule has 3 aromatic rings. The van der Waals surface area contributed by atoms with Crippen molar-refractivity contribution in [2.45, 2.75) is 0 Å². The summed E-state index contributed by atoms with van der Waals surface area (Å²) in [5.41, 5.74) is 1.49. The van der Waals surface area contributed by atoms with E-state index in [-0.39, 0.29) is 22.2 Å². The Labute approximate surface area is 182 Å². The first-order valence-corrected chi connectivity index (χ1v) is 9.52. The van der Waals surface area contributed by atoms with E-state index < -0.39 is 5.91 Å². The van der Waals surface area contributed by atoms with E-state index in [1.165, 1.54) is 19.2 Å². The number of carbonyl (C=O) groups excluding carboxylic acids is 2. The molecule has 0 aliphatic heterocycles. The first kappa shape index (κ1) is 21.0. The van der Waals surface area contributed by atoms with Gasteiger partial charge in [-0.15, -0.1) is 0 Å². The number of rotatable bonds is 5. The van der Waals surface area contributed by atoms with Crippen LogP contribution in [0, 0.1) is 0 Å². The molecule has 2 N–H and O–H groups in total. The maximum absolute atomic E-state index is 12.7. The summed E-state index contributed by atoms with van der Waals surface area (Å²) in [5, 5.41) is 6.37. The number of methoxy groups -OCH3 is 1. The second-order valence-electron chi connectivity index (χ2n) is 5.94. The van der Waals surface area contributed by atoms with Gasteiger partial charge in [0, 0.05) is 16.4 Å². The van der Waals surface area contributed by atoms with Crippen LogP contribution in [0.3, 0.4) is 0 Å². The van der Waals surface area contributed by atoms with Gasteiger partial charge >= 0.3 is 0 Å². The van der Waals surface area contributed by atoms with E-state index in [0.717, 1.165) is 0 Å². The molecule has 0 saturated carbocycles. The Morgan fingerprint density at radius 2 is 1.38 bits per heavy atom. The van der Waals surface area contributed by atoms with Crippen LogP contribution in [0.2, 0.25) is 15.1 Å². The van der Waals surface area contributed by atoms with E-state index in [9.17, 15) is 9.59 Å². The van der Waals surface area contributed by atoms with Crippen molar-refractivity contribution in [2.24, 2.45) is 0 Å². The first-order chi connectivity index (χ1) is 13.9. The summed E-state index contributed by atoms with van der Waals surface area (Å²) >= 11 is 18.1. The molecular formula is C21H15Cl3N2O3. The summed E-state index contributed by atoms with van der Waals surface area (Å²) in [6, 6.07) is 16.4. The zero-order chi connectivity index (χ0) is 21.0. The van der Waals surface area contributed by atoms with Gasteiger partial charge in [0.15, 0.2) is 0 Å². The zero-order valence-electron chi connectivity index (χ0n) is 15.1. The molecule has 0 unspecified atom stereocenters. The minimum absolute atomic E-state index is 0.190. The van der Waals surface area contributed by atoms with Crippen LogP contribution in [0.25, 0.3) is 0 Å². The quantitative estimate of drug-likeness (QED) is 0.490. The molecule has 3 rings (SSSR count). The molecule has 8 heteroatoms. The number of benzene rings is 3. The van der Waals surface area contributed by atoms with Crippen LogP contribution in [-0.2, 0) is 0 Å². The van der Waals surface area contributed by atoms with Crippen molar-refractivity contribution in [3.8, 4) is 5.75 Å². The highest BCUT2D eigenvalue weighted by Gasteiger charge is 2.17. The van der Waals surface area contributed by atoms with Crippen LogP contribution in [0.5, 0.6) is 5.75 Å². The number of nitrogens with one attached hydrogen (secondary N) is 2. The topological polar surface area (TPSA) is 67.4 Å². The monoisotopic (exact) mass is 448 g/mol. The van der Waals surface area contributed by atoms with E-state index in [2.05, 4.69) is 10.6 Å². The van der Waals surface area contributed by atoms with Crippen LogP contribution < -0.4 is 15.4 Å².